The van der Waals surface area contributed by atoms with Crippen molar-refractivity contribution >= 4 is 22.8 Å². The second kappa shape index (κ2) is 7.35. The van der Waals surface area contributed by atoms with Crippen LogP contribution in [0.4, 0.5) is 17.1 Å². The minimum atomic E-state index is 0.182. The lowest BCUT2D eigenvalue weighted by molar-refractivity contribution is -0.116. The summed E-state index contributed by atoms with van der Waals surface area (Å²) in [6.45, 7) is 5.81. The van der Waals surface area contributed by atoms with E-state index in [1.54, 1.807) is 6.92 Å². The lowest BCUT2D eigenvalue weighted by Crippen LogP contribution is -2.10. The normalized spacial score (nSPS) is 10.5. The second-order valence-electron chi connectivity index (χ2n) is 6.55. The Morgan fingerprint density at radius 2 is 1.04 bits per heavy atom. The third-order valence-electron chi connectivity index (χ3n) is 4.23. The first kappa shape index (κ1) is 17.0. The van der Waals surface area contributed by atoms with Crippen LogP contribution in [0.15, 0.2) is 72.8 Å². The summed E-state index contributed by atoms with van der Waals surface area (Å²) < 4.78 is 0. The number of hydrogen-bond donors (Lipinski definition) is 0. The van der Waals surface area contributed by atoms with Crippen LogP contribution >= 0.6 is 0 Å². The highest BCUT2D eigenvalue weighted by atomic mass is 16.1. The van der Waals surface area contributed by atoms with Crippen LogP contribution in [0, 0.1) is 13.8 Å². The summed E-state index contributed by atoms with van der Waals surface area (Å²) in [5.74, 6) is 0.182. The molecule has 0 aliphatic rings. The predicted molar refractivity (Wildman–Crippen MR) is 105 cm³/mol. The van der Waals surface area contributed by atoms with Gasteiger partial charge in [0.05, 0.1) is 0 Å². The van der Waals surface area contributed by atoms with Crippen LogP contribution in [-0.2, 0) is 11.2 Å². The number of benzene rings is 3. The molecule has 0 bridgehead atoms. The molecule has 0 aliphatic carbocycles. The van der Waals surface area contributed by atoms with E-state index in [0.717, 1.165) is 22.6 Å². The van der Waals surface area contributed by atoms with E-state index in [1.807, 2.05) is 12.1 Å². The topological polar surface area (TPSA) is 20.3 Å². The summed E-state index contributed by atoms with van der Waals surface area (Å²) in [4.78, 5) is 13.6. The fourth-order valence-electron chi connectivity index (χ4n) is 2.89. The molecular weight excluding hydrogens is 306 g/mol. The molecule has 0 unspecified atom stereocenters. The number of ketones is 1. The molecule has 3 aromatic rings. The Hall–Kier alpha value is -2.87. The van der Waals surface area contributed by atoms with Crippen LogP contribution < -0.4 is 4.90 Å². The largest absolute Gasteiger partial charge is 0.311 e. The van der Waals surface area contributed by atoms with Gasteiger partial charge in [0, 0.05) is 23.5 Å². The highest BCUT2D eigenvalue weighted by molar-refractivity contribution is 5.79. The molecule has 3 aromatic carbocycles. The van der Waals surface area contributed by atoms with Crippen molar-refractivity contribution < 1.29 is 4.79 Å². The monoisotopic (exact) mass is 329 g/mol. The molecule has 0 atom stereocenters. The van der Waals surface area contributed by atoms with Gasteiger partial charge in [0.2, 0.25) is 0 Å². The standard InChI is InChI=1S/C23H23NO/c1-17-4-10-21(11-5-17)24(22-12-6-18(2)7-13-22)23-14-8-20(9-15-23)16-19(3)25/h4-15H,16H2,1-3H3. The lowest BCUT2D eigenvalue weighted by atomic mass is 10.1. The molecule has 0 heterocycles. The van der Waals surface area contributed by atoms with Crippen molar-refractivity contribution in [1.82, 2.24) is 0 Å². The van der Waals surface area contributed by atoms with E-state index >= 15 is 0 Å². The van der Waals surface area contributed by atoms with Crippen LogP contribution in [0.2, 0.25) is 0 Å². The highest BCUT2D eigenvalue weighted by Gasteiger charge is 2.12. The molecule has 0 saturated carbocycles. The zero-order valence-electron chi connectivity index (χ0n) is 15.0. The van der Waals surface area contributed by atoms with E-state index in [2.05, 4.69) is 79.4 Å². The lowest BCUT2D eigenvalue weighted by Gasteiger charge is -2.26. The fourth-order valence-corrected chi connectivity index (χ4v) is 2.89. The molecule has 126 valence electrons. The maximum Gasteiger partial charge on any atom is 0.134 e. The molecule has 3 rings (SSSR count). The first-order valence-electron chi connectivity index (χ1n) is 8.55. The van der Waals surface area contributed by atoms with Gasteiger partial charge >= 0.3 is 0 Å². The molecule has 2 nitrogen and oxygen atoms in total. The van der Waals surface area contributed by atoms with Gasteiger partial charge in [0.25, 0.3) is 0 Å². The minimum absolute atomic E-state index is 0.182. The quantitative estimate of drug-likeness (QED) is 0.580. The van der Waals surface area contributed by atoms with Crippen molar-refractivity contribution in [1.29, 1.82) is 0 Å². The van der Waals surface area contributed by atoms with Gasteiger partial charge in [-0.25, -0.2) is 0 Å². The van der Waals surface area contributed by atoms with Crippen molar-refractivity contribution in [3.05, 3.63) is 89.5 Å². The molecule has 0 aliphatic heterocycles. The average molecular weight is 329 g/mol. The van der Waals surface area contributed by atoms with Gasteiger partial charge < -0.3 is 4.90 Å². The van der Waals surface area contributed by atoms with Gasteiger partial charge in [-0.1, -0.05) is 47.5 Å². The Labute approximate surface area is 149 Å². The van der Waals surface area contributed by atoms with Crippen molar-refractivity contribution in [2.45, 2.75) is 27.2 Å². The van der Waals surface area contributed by atoms with Gasteiger partial charge in [-0.05, 0) is 62.7 Å². The summed E-state index contributed by atoms with van der Waals surface area (Å²) in [7, 11) is 0. The number of hydrogen-bond acceptors (Lipinski definition) is 2. The molecule has 25 heavy (non-hydrogen) atoms. The van der Waals surface area contributed by atoms with Crippen LogP contribution in [0.1, 0.15) is 23.6 Å². The first-order valence-corrected chi connectivity index (χ1v) is 8.55. The number of carbonyl (C=O) groups excluding carboxylic acids is 1. The molecule has 0 spiro atoms. The number of Topliss-reactive ketones (excluding diaryl/α,β-unsaturated/α-hetero) is 1. The summed E-state index contributed by atoms with van der Waals surface area (Å²) >= 11 is 0. The Kier molecular flexibility index (Phi) is 4.99. The number of aryl methyl sites for hydroxylation is 2. The van der Waals surface area contributed by atoms with Gasteiger partial charge in [-0.3, -0.25) is 4.79 Å². The molecule has 0 radical (unpaired) electrons. The third kappa shape index (κ3) is 4.16. The predicted octanol–water partition coefficient (Wildman–Crippen LogP) is 5.90. The maximum absolute atomic E-state index is 11.3. The number of nitrogens with zero attached hydrogens (tertiary/aromatic N) is 1. The van der Waals surface area contributed by atoms with Crippen molar-refractivity contribution in [2.24, 2.45) is 0 Å². The Morgan fingerprint density at radius 1 is 0.680 bits per heavy atom. The maximum atomic E-state index is 11.3. The van der Waals surface area contributed by atoms with E-state index in [0.29, 0.717) is 6.42 Å². The number of anilines is 3. The Morgan fingerprint density at radius 3 is 1.40 bits per heavy atom. The molecule has 0 fully saturated rings. The molecule has 2 heteroatoms. The average Bonchev–Trinajstić information content (AvgIpc) is 2.59. The minimum Gasteiger partial charge on any atom is -0.311 e. The van der Waals surface area contributed by atoms with Crippen LogP contribution in [0.25, 0.3) is 0 Å². The molecule has 0 aromatic heterocycles. The van der Waals surface area contributed by atoms with E-state index in [-0.39, 0.29) is 5.78 Å². The van der Waals surface area contributed by atoms with Crippen LogP contribution in [-0.4, -0.2) is 5.78 Å². The van der Waals surface area contributed by atoms with Crippen molar-refractivity contribution in [3.63, 3.8) is 0 Å². The van der Waals surface area contributed by atoms with E-state index in [1.165, 1.54) is 11.1 Å². The van der Waals surface area contributed by atoms with E-state index < -0.39 is 0 Å². The van der Waals surface area contributed by atoms with E-state index in [9.17, 15) is 4.79 Å². The highest BCUT2D eigenvalue weighted by Crippen LogP contribution is 2.34. The van der Waals surface area contributed by atoms with Gasteiger partial charge in [-0.15, -0.1) is 0 Å². The summed E-state index contributed by atoms with van der Waals surface area (Å²) in [5, 5.41) is 0. The zero-order chi connectivity index (χ0) is 17.8. The van der Waals surface area contributed by atoms with Crippen molar-refractivity contribution in [2.75, 3.05) is 4.90 Å². The summed E-state index contributed by atoms with van der Waals surface area (Å²) in [6.07, 6.45) is 0.481. The Bertz CT molecular complexity index is 801. The van der Waals surface area contributed by atoms with Crippen LogP contribution in [0.3, 0.4) is 0 Å². The number of rotatable bonds is 5. The second-order valence-corrected chi connectivity index (χ2v) is 6.55. The van der Waals surface area contributed by atoms with E-state index in [4.69, 9.17) is 0 Å². The van der Waals surface area contributed by atoms with Crippen molar-refractivity contribution in [3.8, 4) is 0 Å². The summed E-state index contributed by atoms with van der Waals surface area (Å²) in [5.41, 5.74) is 6.85. The van der Waals surface area contributed by atoms with Gasteiger partial charge in [0.1, 0.15) is 5.78 Å². The summed E-state index contributed by atoms with van der Waals surface area (Å²) in [6, 6.07) is 25.3. The smallest absolute Gasteiger partial charge is 0.134 e. The molecular formula is C23H23NO. The molecule has 0 N–H and O–H groups in total. The van der Waals surface area contributed by atoms with Crippen LogP contribution in [0.5, 0.6) is 0 Å². The Balaban J connectivity index is 2.02. The molecule has 0 amide bonds. The fraction of sp³-hybridized carbons (Fsp3) is 0.174. The van der Waals surface area contributed by atoms with Gasteiger partial charge in [0.15, 0.2) is 0 Å². The third-order valence-corrected chi connectivity index (χ3v) is 4.23. The SMILES string of the molecule is CC(=O)Cc1ccc(N(c2ccc(C)cc2)c2ccc(C)cc2)cc1. The molecule has 0 saturated heterocycles. The first-order chi connectivity index (χ1) is 12.0. The number of carbonyl (C=O) groups is 1. The zero-order valence-corrected chi connectivity index (χ0v) is 15.0. The van der Waals surface area contributed by atoms with Gasteiger partial charge in [-0.2, -0.15) is 0 Å².